The van der Waals surface area contributed by atoms with E-state index in [0.717, 1.165) is 5.54 Å². The average molecular weight is 253 g/mol. The van der Waals surface area contributed by atoms with Gasteiger partial charge in [-0.15, -0.1) is 0 Å². The molecule has 0 heterocycles. The SMILES string of the molecule is C[SiH](C)[Si](C)(C)C1C=CC(CC(C)(C)C)=C1. The van der Waals surface area contributed by atoms with Crippen molar-refractivity contribution in [2.75, 3.05) is 0 Å². The third-order valence-corrected chi connectivity index (χ3v) is 19.1. The molecule has 16 heavy (non-hydrogen) atoms. The van der Waals surface area contributed by atoms with Gasteiger partial charge in [-0.05, 0) is 17.4 Å². The molecule has 0 aliphatic heterocycles. The molecule has 1 aliphatic carbocycles. The molecule has 0 amide bonds. The second-order valence-electron chi connectivity index (χ2n) is 7.34. The zero-order valence-electron chi connectivity index (χ0n) is 12.1. The molecule has 0 aromatic carbocycles. The Balaban J connectivity index is 2.75. The van der Waals surface area contributed by atoms with Crippen LogP contribution in [0, 0.1) is 5.41 Å². The van der Waals surface area contributed by atoms with Crippen molar-refractivity contribution >= 4 is 15.9 Å². The van der Waals surface area contributed by atoms with Gasteiger partial charge in [0.15, 0.2) is 0 Å². The predicted molar refractivity (Wildman–Crippen MR) is 81.4 cm³/mol. The molecule has 0 fully saturated rings. The molecule has 2 heteroatoms. The fourth-order valence-corrected chi connectivity index (χ4v) is 7.08. The van der Waals surface area contributed by atoms with Gasteiger partial charge in [0.2, 0.25) is 0 Å². The lowest BCUT2D eigenvalue weighted by molar-refractivity contribution is 0.413. The standard InChI is InChI=1S/C14H28Si2/c1-14(2,3)11-12-8-9-13(10-12)16(6,7)15(4)5/h8-10,13,15H,11H2,1-7H3. The summed E-state index contributed by atoms with van der Waals surface area (Å²) in [5.41, 5.74) is 2.82. The monoisotopic (exact) mass is 252 g/mol. The molecule has 0 saturated carbocycles. The van der Waals surface area contributed by atoms with Crippen molar-refractivity contribution in [2.45, 2.75) is 58.9 Å². The second-order valence-corrected chi connectivity index (χ2v) is 21.9. The van der Waals surface area contributed by atoms with E-state index >= 15 is 0 Å². The van der Waals surface area contributed by atoms with Gasteiger partial charge in [0, 0.05) is 15.9 Å². The van der Waals surface area contributed by atoms with E-state index in [1.54, 1.807) is 5.57 Å². The highest BCUT2D eigenvalue weighted by Gasteiger charge is 2.34. The van der Waals surface area contributed by atoms with E-state index in [9.17, 15) is 0 Å². The number of hydrogen-bond donors (Lipinski definition) is 0. The maximum Gasteiger partial charge on any atom is 0.0492 e. The van der Waals surface area contributed by atoms with E-state index in [1.807, 2.05) is 0 Å². The van der Waals surface area contributed by atoms with Gasteiger partial charge in [0.25, 0.3) is 0 Å². The van der Waals surface area contributed by atoms with Crippen LogP contribution < -0.4 is 0 Å². The predicted octanol–water partition coefficient (Wildman–Crippen LogP) is 4.56. The van der Waals surface area contributed by atoms with Crippen LogP contribution in [0.1, 0.15) is 27.2 Å². The first-order valence-electron chi connectivity index (χ1n) is 6.52. The van der Waals surface area contributed by atoms with Gasteiger partial charge in [0.1, 0.15) is 0 Å². The first-order chi connectivity index (χ1) is 7.13. The summed E-state index contributed by atoms with van der Waals surface area (Å²) in [4.78, 5) is 0. The topological polar surface area (TPSA) is 0 Å². The lowest BCUT2D eigenvalue weighted by atomic mass is 9.88. The minimum atomic E-state index is -0.989. The van der Waals surface area contributed by atoms with Gasteiger partial charge < -0.3 is 0 Å². The summed E-state index contributed by atoms with van der Waals surface area (Å²) in [6.07, 6.45) is 8.68. The molecule has 1 aliphatic rings. The summed E-state index contributed by atoms with van der Waals surface area (Å²) >= 11 is 0. The summed E-state index contributed by atoms with van der Waals surface area (Å²) < 4.78 is 0. The van der Waals surface area contributed by atoms with Gasteiger partial charge in [-0.1, -0.05) is 70.8 Å². The fraction of sp³-hybridized carbons (Fsp3) is 0.714. The van der Waals surface area contributed by atoms with Crippen molar-refractivity contribution < 1.29 is 0 Å². The highest BCUT2D eigenvalue weighted by molar-refractivity contribution is 7.32. The first-order valence-corrected chi connectivity index (χ1v) is 13.7. The molecular formula is C14H28Si2. The van der Waals surface area contributed by atoms with Crippen molar-refractivity contribution in [3.05, 3.63) is 23.8 Å². The summed E-state index contributed by atoms with van der Waals surface area (Å²) in [6, 6.07) is 0. The second kappa shape index (κ2) is 4.65. The quantitative estimate of drug-likeness (QED) is 0.646. The molecule has 92 valence electrons. The molecule has 0 aromatic rings. The van der Waals surface area contributed by atoms with E-state index in [-0.39, 0.29) is 0 Å². The molecule has 0 saturated heterocycles. The van der Waals surface area contributed by atoms with Crippen LogP contribution in [0.15, 0.2) is 23.8 Å². The minimum absolute atomic E-state index is 0.423. The first kappa shape index (κ1) is 14.0. The Kier molecular flexibility index (Phi) is 4.06. The fourth-order valence-electron chi connectivity index (χ4n) is 2.15. The number of allylic oxidation sites excluding steroid dienone is 4. The normalized spacial score (nSPS) is 21.8. The molecular weight excluding hydrogens is 224 g/mol. The van der Waals surface area contributed by atoms with Crippen molar-refractivity contribution in [3.8, 4) is 0 Å². The molecule has 0 N–H and O–H groups in total. The third kappa shape index (κ3) is 3.46. The van der Waals surface area contributed by atoms with Gasteiger partial charge in [-0.25, -0.2) is 0 Å². The van der Waals surface area contributed by atoms with Gasteiger partial charge >= 0.3 is 0 Å². The Morgan fingerprint density at radius 1 is 1.25 bits per heavy atom. The Bertz CT molecular complexity index is 303. The summed E-state index contributed by atoms with van der Waals surface area (Å²) in [5.74, 6) is 0. The van der Waals surface area contributed by atoms with Crippen LogP contribution in [-0.2, 0) is 0 Å². The zero-order valence-corrected chi connectivity index (χ0v) is 14.2. The van der Waals surface area contributed by atoms with E-state index in [0.29, 0.717) is 5.41 Å². The van der Waals surface area contributed by atoms with Gasteiger partial charge in [0.05, 0.1) is 0 Å². The van der Waals surface area contributed by atoms with Crippen molar-refractivity contribution in [1.29, 1.82) is 0 Å². The highest BCUT2D eigenvalue weighted by Crippen LogP contribution is 2.36. The Hall–Kier alpha value is -0.0862. The molecule has 0 nitrogen and oxygen atoms in total. The maximum atomic E-state index is 2.58. The summed E-state index contributed by atoms with van der Waals surface area (Å²) in [6.45, 7) is 17.2. The minimum Gasteiger partial charge on any atom is -0.0804 e. The van der Waals surface area contributed by atoms with Gasteiger partial charge in [-0.2, -0.15) is 0 Å². The van der Waals surface area contributed by atoms with Crippen molar-refractivity contribution in [2.24, 2.45) is 5.41 Å². The summed E-state index contributed by atoms with van der Waals surface area (Å²) in [5, 5.41) is 0. The summed E-state index contributed by atoms with van der Waals surface area (Å²) in [7, 11) is -1.46. The zero-order chi connectivity index (χ0) is 12.6. The van der Waals surface area contributed by atoms with Crippen LogP contribution >= 0.6 is 0 Å². The van der Waals surface area contributed by atoms with Crippen LogP contribution in [0.5, 0.6) is 0 Å². The molecule has 1 atom stereocenters. The Labute approximate surface area is 104 Å². The molecule has 0 radical (unpaired) electrons. The van der Waals surface area contributed by atoms with Crippen LogP contribution in [0.2, 0.25) is 31.7 Å². The molecule has 0 aromatic heterocycles. The van der Waals surface area contributed by atoms with E-state index < -0.39 is 15.9 Å². The molecule has 1 unspecified atom stereocenters. The van der Waals surface area contributed by atoms with Gasteiger partial charge in [-0.3, -0.25) is 0 Å². The smallest absolute Gasteiger partial charge is 0.0492 e. The Morgan fingerprint density at radius 2 is 1.81 bits per heavy atom. The van der Waals surface area contributed by atoms with Crippen LogP contribution in [0.25, 0.3) is 0 Å². The van der Waals surface area contributed by atoms with Crippen LogP contribution in [-0.4, -0.2) is 15.9 Å². The van der Waals surface area contributed by atoms with Crippen LogP contribution in [0.4, 0.5) is 0 Å². The third-order valence-electron chi connectivity index (χ3n) is 3.99. The lowest BCUT2D eigenvalue weighted by Gasteiger charge is -2.30. The molecule has 0 spiro atoms. The highest BCUT2D eigenvalue weighted by atomic mass is 29.2. The number of hydrogen-bond acceptors (Lipinski definition) is 0. The lowest BCUT2D eigenvalue weighted by Crippen LogP contribution is -2.44. The Morgan fingerprint density at radius 3 is 2.25 bits per heavy atom. The van der Waals surface area contributed by atoms with Crippen LogP contribution in [0.3, 0.4) is 0 Å². The van der Waals surface area contributed by atoms with Crippen molar-refractivity contribution in [3.63, 3.8) is 0 Å². The molecule has 0 bridgehead atoms. The maximum absolute atomic E-state index is 2.58. The van der Waals surface area contributed by atoms with E-state index in [4.69, 9.17) is 0 Å². The number of rotatable bonds is 3. The van der Waals surface area contributed by atoms with E-state index in [2.05, 4.69) is 65.2 Å². The molecule has 1 rings (SSSR count). The largest absolute Gasteiger partial charge is 0.0804 e. The van der Waals surface area contributed by atoms with E-state index in [1.165, 1.54) is 6.42 Å². The van der Waals surface area contributed by atoms with Crippen molar-refractivity contribution in [1.82, 2.24) is 0 Å². The average Bonchev–Trinajstić information content (AvgIpc) is 2.49.